The van der Waals surface area contributed by atoms with Crippen molar-refractivity contribution in [3.05, 3.63) is 77.4 Å². The van der Waals surface area contributed by atoms with Gasteiger partial charge in [0.25, 0.3) is 5.91 Å². The van der Waals surface area contributed by atoms with Crippen LogP contribution in [0.2, 0.25) is 0 Å². The normalized spacial score (nSPS) is 10.3. The Kier molecular flexibility index (Phi) is 6.80. The van der Waals surface area contributed by atoms with E-state index in [1.807, 2.05) is 31.2 Å². The van der Waals surface area contributed by atoms with Gasteiger partial charge in [0.05, 0.1) is 27.0 Å². The Morgan fingerprint density at radius 2 is 1.60 bits per heavy atom. The molecule has 6 nitrogen and oxygen atoms in total. The summed E-state index contributed by atoms with van der Waals surface area (Å²) in [6, 6.07) is 18.2. The maximum atomic E-state index is 12.8. The first kappa shape index (κ1) is 21.0. The van der Waals surface area contributed by atoms with E-state index in [4.69, 9.17) is 18.9 Å². The molecule has 0 radical (unpaired) electrons. The lowest BCUT2D eigenvalue weighted by Gasteiger charge is -2.14. The highest BCUT2D eigenvalue weighted by molar-refractivity contribution is 6.05. The van der Waals surface area contributed by atoms with Crippen LogP contribution in [0.1, 0.15) is 21.5 Å². The van der Waals surface area contributed by atoms with E-state index in [1.165, 1.54) is 0 Å². The number of carbonyl (C=O) groups excluding carboxylic acids is 1. The van der Waals surface area contributed by atoms with E-state index < -0.39 is 0 Å². The Balaban J connectivity index is 1.80. The molecule has 0 aliphatic heterocycles. The molecule has 0 heterocycles. The van der Waals surface area contributed by atoms with Crippen molar-refractivity contribution in [1.82, 2.24) is 0 Å². The summed E-state index contributed by atoms with van der Waals surface area (Å²) in [6.07, 6.45) is 0. The average Bonchev–Trinajstić information content (AvgIpc) is 2.78. The second-order valence-corrected chi connectivity index (χ2v) is 6.60. The topological polar surface area (TPSA) is 66.0 Å². The highest BCUT2D eigenvalue weighted by Crippen LogP contribution is 2.30. The molecule has 0 aromatic heterocycles. The SMILES string of the molecule is COc1ccc(NC(=O)c2ccc(OC)c(COc3ccccc3C)c2)c(OC)c1. The van der Waals surface area contributed by atoms with Gasteiger partial charge in [-0.15, -0.1) is 0 Å². The number of hydrogen-bond acceptors (Lipinski definition) is 5. The van der Waals surface area contributed by atoms with Crippen LogP contribution in [-0.2, 0) is 6.61 Å². The fraction of sp³-hybridized carbons (Fsp3) is 0.208. The molecule has 1 N–H and O–H groups in total. The summed E-state index contributed by atoms with van der Waals surface area (Å²) < 4.78 is 21.9. The lowest BCUT2D eigenvalue weighted by atomic mass is 10.1. The third kappa shape index (κ3) is 4.84. The number of hydrogen-bond donors (Lipinski definition) is 1. The lowest BCUT2D eigenvalue weighted by Crippen LogP contribution is -2.13. The van der Waals surface area contributed by atoms with Gasteiger partial charge in [0.1, 0.15) is 29.6 Å². The van der Waals surface area contributed by atoms with Crippen LogP contribution in [0.15, 0.2) is 60.7 Å². The Bertz CT molecular complexity index is 1030. The van der Waals surface area contributed by atoms with Gasteiger partial charge in [0, 0.05) is 17.2 Å². The Morgan fingerprint density at radius 1 is 0.833 bits per heavy atom. The van der Waals surface area contributed by atoms with E-state index in [0.717, 1.165) is 16.9 Å². The number of carbonyl (C=O) groups is 1. The Hall–Kier alpha value is -3.67. The number of amides is 1. The summed E-state index contributed by atoms with van der Waals surface area (Å²) >= 11 is 0. The third-order valence-electron chi connectivity index (χ3n) is 4.68. The molecule has 30 heavy (non-hydrogen) atoms. The molecule has 0 bridgehead atoms. The first-order chi connectivity index (χ1) is 14.5. The van der Waals surface area contributed by atoms with Gasteiger partial charge in [-0.2, -0.15) is 0 Å². The van der Waals surface area contributed by atoms with Gasteiger partial charge in [-0.05, 0) is 48.9 Å². The van der Waals surface area contributed by atoms with Gasteiger partial charge in [-0.25, -0.2) is 0 Å². The van der Waals surface area contributed by atoms with Crippen LogP contribution in [0.5, 0.6) is 23.0 Å². The number of ether oxygens (including phenoxy) is 4. The van der Waals surface area contributed by atoms with Crippen LogP contribution in [0.4, 0.5) is 5.69 Å². The van der Waals surface area contributed by atoms with Crippen LogP contribution in [-0.4, -0.2) is 27.2 Å². The number of methoxy groups -OCH3 is 3. The molecule has 0 saturated heterocycles. The number of anilines is 1. The molecule has 0 aliphatic rings. The zero-order chi connectivity index (χ0) is 21.5. The quantitative estimate of drug-likeness (QED) is 0.578. The molecule has 0 saturated carbocycles. The zero-order valence-corrected chi connectivity index (χ0v) is 17.5. The molecule has 0 fully saturated rings. The second-order valence-electron chi connectivity index (χ2n) is 6.60. The zero-order valence-electron chi connectivity index (χ0n) is 17.5. The highest BCUT2D eigenvalue weighted by atomic mass is 16.5. The summed E-state index contributed by atoms with van der Waals surface area (Å²) in [5.74, 6) is 2.34. The van der Waals surface area contributed by atoms with Crippen LogP contribution >= 0.6 is 0 Å². The second kappa shape index (κ2) is 9.69. The standard InChI is InChI=1S/C24H25NO5/c1-16-7-5-6-8-21(16)30-15-18-13-17(9-12-22(18)28-3)24(26)25-20-11-10-19(27-2)14-23(20)29-4/h5-14H,15H2,1-4H3,(H,25,26). The van der Waals surface area contributed by atoms with Crippen molar-refractivity contribution >= 4 is 11.6 Å². The molecule has 0 atom stereocenters. The molecule has 3 rings (SSSR count). The van der Waals surface area contributed by atoms with Gasteiger partial charge >= 0.3 is 0 Å². The molecule has 3 aromatic rings. The Labute approximate surface area is 176 Å². The molecule has 1 amide bonds. The van der Waals surface area contributed by atoms with E-state index in [2.05, 4.69) is 5.32 Å². The monoisotopic (exact) mass is 407 g/mol. The lowest BCUT2D eigenvalue weighted by molar-refractivity contribution is 0.102. The number of para-hydroxylation sites is 1. The van der Waals surface area contributed by atoms with Crippen molar-refractivity contribution in [2.45, 2.75) is 13.5 Å². The van der Waals surface area contributed by atoms with Crippen molar-refractivity contribution in [1.29, 1.82) is 0 Å². The van der Waals surface area contributed by atoms with E-state index in [1.54, 1.807) is 57.7 Å². The molecule has 0 spiro atoms. The predicted octanol–water partition coefficient (Wildman–Crippen LogP) is 4.85. The van der Waals surface area contributed by atoms with E-state index in [0.29, 0.717) is 28.5 Å². The van der Waals surface area contributed by atoms with E-state index in [-0.39, 0.29) is 12.5 Å². The van der Waals surface area contributed by atoms with Crippen LogP contribution < -0.4 is 24.3 Å². The summed E-state index contributed by atoms with van der Waals surface area (Å²) in [5.41, 5.74) is 2.85. The third-order valence-corrected chi connectivity index (χ3v) is 4.68. The molecule has 3 aromatic carbocycles. The van der Waals surface area contributed by atoms with Crippen LogP contribution in [0.25, 0.3) is 0 Å². The van der Waals surface area contributed by atoms with Gasteiger partial charge in [0.2, 0.25) is 0 Å². The largest absolute Gasteiger partial charge is 0.497 e. The summed E-state index contributed by atoms with van der Waals surface area (Å²) in [6.45, 7) is 2.26. The highest BCUT2D eigenvalue weighted by Gasteiger charge is 2.14. The minimum Gasteiger partial charge on any atom is -0.497 e. The molecule has 156 valence electrons. The molecule has 6 heteroatoms. The van der Waals surface area contributed by atoms with Crippen LogP contribution in [0.3, 0.4) is 0 Å². The van der Waals surface area contributed by atoms with Crippen molar-refractivity contribution in [2.75, 3.05) is 26.6 Å². The molecule has 0 unspecified atom stereocenters. The van der Waals surface area contributed by atoms with Crippen molar-refractivity contribution in [2.24, 2.45) is 0 Å². The fourth-order valence-electron chi connectivity index (χ4n) is 3.00. The van der Waals surface area contributed by atoms with E-state index in [9.17, 15) is 4.79 Å². The molecular formula is C24H25NO5. The Morgan fingerprint density at radius 3 is 2.30 bits per heavy atom. The summed E-state index contributed by atoms with van der Waals surface area (Å²) in [5, 5.41) is 2.88. The first-order valence-corrected chi connectivity index (χ1v) is 9.44. The first-order valence-electron chi connectivity index (χ1n) is 9.44. The summed E-state index contributed by atoms with van der Waals surface area (Å²) in [4.78, 5) is 12.8. The minimum atomic E-state index is -0.265. The number of benzene rings is 3. The minimum absolute atomic E-state index is 0.265. The van der Waals surface area contributed by atoms with Crippen LogP contribution in [0, 0.1) is 6.92 Å². The number of nitrogens with one attached hydrogen (secondary N) is 1. The molecular weight excluding hydrogens is 382 g/mol. The maximum Gasteiger partial charge on any atom is 0.255 e. The van der Waals surface area contributed by atoms with Crippen molar-refractivity contribution in [3.8, 4) is 23.0 Å². The van der Waals surface area contributed by atoms with Gasteiger partial charge in [-0.3, -0.25) is 4.79 Å². The van der Waals surface area contributed by atoms with E-state index >= 15 is 0 Å². The molecule has 0 aliphatic carbocycles. The summed E-state index contributed by atoms with van der Waals surface area (Å²) in [7, 11) is 4.71. The van der Waals surface area contributed by atoms with Gasteiger partial charge in [-0.1, -0.05) is 18.2 Å². The number of rotatable bonds is 8. The van der Waals surface area contributed by atoms with Crippen molar-refractivity contribution in [3.63, 3.8) is 0 Å². The predicted molar refractivity (Wildman–Crippen MR) is 116 cm³/mol. The average molecular weight is 407 g/mol. The fourth-order valence-corrected chi connectivity index (χ4v) is 3.00. The van der Waals surface area contributed by atoms with Gasteiger partial charge < -0.3 is 24.3 Å². The van der Waals surface area contributed by atoms with Gasteiger partial charge in [0.15, 0.2) is 0 Å². The number of aryl methyl sites for hydroxylation is 1. The van der Waals surface area contributed by atoms with Crippen molar-refractivity contribution < 1.29 is 23.7 Å². The smallest absolute Gasteiger partial charge is 0.255 e. The maximum absolute atomic E-state index is 12.8.